The molecule has 8 unspecified atom stereocenters. The Labute approximate surface area is 218 Å². The van der Waals surface area contributed by atoms with Gasteiger partial charge in [-0.1, -0.05) is 12.2 Å². The number of ketones is 3. The zero-order valence-electron chi connectivity index (χ0n) is 21.2. The number of hydrogen-bond donors (Lipinski definition) is 5. The number of methoxy groups -OCH3 is 1. The Morgan fingerprint density at radius 1 is 1.18 bits per heavy atom. The SMILES string of the molecule is COC1=CC=CC2C(=O)c3c(O)c4c(c(O)c3C(=O)C12)C(OC1CC(N)C(O)C(C)O1)CC(O)(C(C)=O)C4. The number of benzene rings is 1. The number of rotatable bonds is 4. The third-order valence-corrected chi connectivity index (χ3v) is 8.18. The van der Waals surface area contributed by atoms with Gasteiger partial charge in [0.2, 0.25) is 0 Å². The fraction of sp³-hybridized carbons (Fsp3) is 0.519. The van der Waals surface area contributed by atoms with E-state index in [9.17, 15) is 34.8 Å². The van der Waals surface area contributed by atoms with Gasteiger partial charge in [-0.25, -0.2) is 0 Å². The summed E-state index contributed by atoms with van der Waals surface area (Å²) in [5.74, 6) is -4.71. The van der Waals surface area contributed by atoms with Crippen LogP contribution in [0.3, 0.4) is 0 Å². The Morgan fingerprint density at radius 2 is 1.87 bits per heavy atom. The molecule has 204 valence electrons. The first-order chi connectivity index (χ1) is 17.9. The summed E-state index contributed by atoms with van der Waals surface area (Å²) < 4.78 is 17.1. The Hall–Kier alpha value is -3.09. The van der Waals surface area contributed by atoms with Crippen molar-refractivity contribution in [3.8, 4) is 11.5 Å². The van der Waals surface area contributed by atoms with Crippen LogP contribution in [0.1, 0.15) is 64.6 Å². The zero-order chi connectivity index (χ0) is 27.7. The lowest BCUT2D eigenvalue weighted by Gasteiger charge is -2.42. The highest BCUT2D eigenvalue weighted by atomic mass is 16.7. The molecule has 0 saturated carbocycles. The molecule has 8 atom stereocenters. The summed E-state index contributed by atoms with van der Waals surface area (Å²) in [7, 11) is 1.37. The van der Waals surface area contributed by atoms with E-state index < -0.39 is 83.4 Å². The van der Waals surface area contributed by atoms with E-state index in [1.807, 2.05) is 0 Å². The molecule has 6 N–H and O–H groups in total. The van der Waals surface area contributed by atoms with Crippen molar-refractivity contribution < 1.29 is 49.0 Å². The number of aromatic hydroxyl groups is 2. The van der Waals surface area contributed by atoms with Crippen molar-refractivity contribution in [1.29, 1.82) is 0 Å². The molecule has 0 bridgehead atoms. The Balaban J connectivity index is 1.66. The number of allylic oxidation sites excluding steroid dienone is 4. The van der Waals surface area contributed by atoms with E-state index in [-0.39, 0.29) is 40.9 Å². The second-order valence-corrected chi connectivity index (χ2v) is 10.5. The normalized spacial score (nSPS) is 36.2. The maximum absolute atomic E-state index is 13.7. The van der Waals surface area contributed by atoms with Crippen molar-refractivity contribution in [3.63, 3.8) is 0 Å². The van der Waals surface area contributed by atoms with Crippen LogP contribution in [0.4, 0.5) is 0 Å². The molecule has 38 heavy (non-hydrogen) atoms. The molecule has 3 aliphatic carbocycles. The van der Waals surface area contributed by atoms with Crippen molar-refractivity contribution in [3.05, 3.63) is 46.2 Å². The highest BCUT2D eigenvalue weighted by molar-refractivity contribution is 6.20. The van der Waals surface area contributed by atoms with E-state index in [1.165, 1.54) is 20.1 Å². The van der Waals surface area contributed by atoms with Gasteiger partial charge in [0.25, 0.3) is 0 Å². The highest BCUT2D eigenvalue weighted by Crippen LogP contribution is 2.53. The maximum Gasteiger partial charge on any atom is 0.179 e. The monoisotopic (exact) mass is 529 g/mol. The molecule has 0 radical (unpaired) electrons. The largest absolute Gasteiger partial charge is 0.507 e. The fourth-order valence-electron chi connectivity index (χ4n) is 6.02. The Kier molecular flexibility index (Phi) is 6.48. The molecular weight excluding hydrogens is 498 g/mol. The molecule has 0 aromatic heterocycles. The predicted molar refractivity (Wildman–Crippen MR) is 130 cm³/mol. The van der Waals surface area contributed by atoms with E-state index in [0.29, 0.717) is 0 Å². The number of carbonyl (C=O) groups is 3. The van der Waals surface area contributed by atoms with Crippen molar-refractivity contribution >= 4 is 17.3 Å². The number of aliphatic hydroxyl groups excluding tert-OH is 1. The second kappa shape index (κ2) is 9.28. The molecular formula is C27H31NO10. The number of aliphatic hydroxyl groups is 2. The lowest BCUT2D eigenvalue weighted by atomic mass is 9.67. The molecule has 4 aliphatic rings. The van der Waals surface area contributed by atoms with Gasteiger partial charge in [0, 0.05) is 36.4 Å². The molecule has 1 aromatic rings. The summed E-state index contributed by atoms with van der Waals surface area (Å²) in [5, 5.41) is 44.2. The van der Waals surface area contributed by atoms with E-state index >= 15 is 0 Å². The van der Waals surface area contributed by atoms with Crippen molar-refractivity contribution in [1.82, 2.24) is 0 Å². The van der Waals surface area contributed by atoms with Crippen LogP contribution in [0.25, 0.3) is 0 Å². The van der Waals surface area contributed by atoms with E-state index in [2.05, 4.69) is 0 Å². The molecule has 1 fully saturated rings. The number of nitrogens with two attached hydrogens (primary N) is 1. The fourth-order valence-corrected chi connectivity index (χ4v) is 6.02. The first-order valence-corrected chi connectivity index (χ1v) is 12.5. The van der Waals surface area contributed by atoms with Crippen LogP contribution in [0, 0.1) is 11.8 Å². The molecule has 1 aliphatic heterocycles. The Morgan fingerprint density at radius 3 is 2.50 bits per heavy atom. The van der Waals surface area contributed by atoms with Gasteiger partial charge in [-0.3, -0.25) is 14.4 Å². The summed E-state index contributed by atoms with van der Waals surface area (Å²) >= 11 is 0. The van der Waals surface area contributed by atoms with Gasteiger partial charge in [0.1, 0.15) is 22.9 Å². The smallest absolute Gasteiger partial charge is 0.179 e. The van der Waals surface area contributed by atoms with E-state index in [4.69, 9.17) is 19.9 Å². The summed E-state index contributed by atoms with van der Waals surface area (Å²) in [6, 6.07) is -0.682. The maximum atomic E-state index is 13.7. The molecule has 11 heteroatoms. The molecule has 0 amide bonds. The van der Waals surface area contributed by atoms with Crippen LogP contribution < -0.4 is 5.73 Å². The van der Waals surface area contributed by atoms with Crippen molar-refractivity contribution in [2.75, 3.05) is 7.11 Å². The van der Waals surface area contributed by atoms with Crippen LogP contribution >= 0.6 is 0 Å². The number of fused-ring (bicyclic) bond motifs is 3. The van der Waals surface area contributed by atoms with Crippen LogP contribution in [0.5, 0.6) is 11.5 Å². The number of Topliss-reactive ketones (excluding diaryl/α,β-unsaturated/α-hetero) is 3. The van der Waals surface area contributed by atoms with Gasteiger partial charge in [-0.2, -0.15) is 0 Å². The number of carbonyl (C=O) groups excluding carboxylic acids is 3. The number of phenols is 2. The van der Waals surface area contributed by atoms with E-state index in [1.54, 1.807) is 19.1 Å². The standard InChI is InChI=1S/C27H31NO10/c1-10-22(30)14(28)7-17(37-10)38-16-9-27(35,11(2)29)8-13-19(16)26(34)21-20(24(13)32)23(31)12-5-4-6-15(36-3)18(12)25(21)33/h4-6,10,12,14,16-18,22,30,32,34-35H,7-9,28H2,1-3H3. The molecule has 0 spiro atoms. The molecule has 1 saturated heterocycles. The van der Waals surface area contributed by atoms with Gasteiger partial charge in [-0.15, -0.1) is 0 Å². The first-order valence-electron chi connectivity index (χ1n) is 12.5. The number of ether oxygens (including phenoxy) is 3. The quantitative estimate of drug-likeness (QED) is 0.350. The minimum Gasteiger partial charge on any atom is -0.507 e. The van der Waals surface area contributed by atoms with Gasteiger partial charge in [0.05, 0.1) is 48.4 Å². The van der Waals surface area contributed by atoms with Crippen LogP contribution in [0.2, 0.25) is 0 Å². The molecule has 1 heterocycles. The first kappa shape index (κ1) is 26.5. The van der Waals surface area contributed by atoms with Crippen LogP contribution in [-0.4, -0.2) is 75.0 Å². The van der Waals surface area contributed by atoms with Crippen molar-refractivity contribution in [2.24, 2.45) is 17.6 Å². The number of phenolic OH excluding ortho intramolecular Hbond substituents is 2. The third-order valence-electron chi connectivity index (χ3n) is 8.18. The summed E-state index contributed by atoms with van der Waals surface area (Å²) in [5.41, 5.74) is 3.22. The summed E-state index contributed by atoms with van der Waals surface area (Å²) in [6.07, 6.45) is 0.212. The predicted octanol–water partition coefficient (Wildman–Crippen LogP) is 0.956. The average molecular weight is 530 g/mol. The highest BCUT2D eigenvalue weighted by Gasteiger charge is 2.52. The lowest BCUT2D eigenvalue weighted by molar-refractivity contribution is -0.247. The van der Waals surface area contributed by atoms with E-state index in [0.717, 1.165) is 0 Å². The second-order valence-electron chi connectivity index (χ2n) is 10.5. The van der Waals surface area contributed by atoms with Gasteiger partial charge in [0.15, 0.2) is 23.6 Å². The summed E-state index contributed by atoms with van der Waals surface area (Å²) in [4.78, 5) is 39.7. The van der Waals surface area contributed by atoms with Crippen LogP contribution in [0.15, 0.2) is 24.0 Å². The zero-order valence-corrected chi connectivity index (χ0v) is 21.2. The minimum absolute atomic E-state index is 0.0166. The number of hydrogen-bond acceptors (Lipinski definition) is 11. The van der Waals surface area contributed by atoms with Gasteiger partial charge < -0.3 is 40.4 Å². The molecule has 5 rings (SSSR count). The molecule has 11 nitrogen and oxygen atoms in total. The van der Waals surface area contributed by atoms with Gasteiger partial charge in [-0.05, 0) is 19.9 Å². The minimum atomic E-state index is -1.99. The van der Waals surface area contributed by atoms with Crippen LogP contribution in [-0.2, 0) is 25.4 Å². The lowest BCUT2D eigenvalue weighted by Crippen LogP contribution is -2.52. The average Bonchev–Trinajstić information content (AvgIpc) is 2.87. The Bertz CT molecular complexity index is 1270. The van der Waals surface area contributed by atoms with Crippen molar-refractivity contribution in [2.45, 2.75) is 69.4 Å². The topological polar surface area (TPSA) is 186 Å². The van der Waals surface area contributed by atoms with Gasteiger partial charge >= 0.3 is 0 Å². The summed E-state index contributed by atoms with van der Waals surface area (Å²) in [6.45, 7) is 2.80. The third kappa shape index (κ3) is 3.88. The molecule has 1 aromatic carbocycles.